The summed E-state index contributed by atoms with van der Waals surface area (Å²) in [6.07, 6.45) is 1.52. The highest BCUT2D eigenvalue weighted by atomic mass is 16.6. The molecular weight excluding hydrogens is 720 g/mol. The number of rotatable bonds is 12. The molecule has 0 atom stereocenters. The molecule has 0 amide bonds. The van der Waals surface area contributed by atoms with Gasteiger partial charge in [-0.3, -0.25) is 0 Å². The number of methoxy groups -OCH3 is 12. The Hall–Kier alpha value is -5.52. The van der Waals surface area contributed by atoms with Crippen molar-refractivity contribution < 1.29 is 56.8 Å². The molecule has 0 aromatic heterocycles. The quantitative estimate of drug-likeness (QED) is 0.124. The first kappa shape index (κ1) is 41.6. The molecule has 4 aromatic rings. The standard InChI is InChI=1S/C44H56O12/c1-21-25-17-27-22(2)29(37(49-9)42(54-14)35(27)47-7)19-31-24(4)32(40(52-12)44(56-16)39(31)51-11)20-30-23(3)28(36(48-8)43(55-15)38(30)50-10)18-26(21)34(46-6)41(53-13)33(25)45-5/h17-20H2,1-16H3. The van der Waals surface area contributed by atoms with E-state index in [4.69, 9.17) is 56.8 Å². The van der Waals surface area contributed by atoms with Crippen molar-refractivity contribution >= 4 is 0 Å². The molecule has 8 bridgehead atoms. The molecule has 0 heterocycles. The fourth-order valence-corrected chi connectivity index (χ4v) is 8.48. The van der Waals surface area contributed by atoms with Crippen molar-refractivity contribution in [2.75, 3.05) is 85.3 Å². The van der Waals surface area contributed by atoms with E-state index in [2.05, 4.69) is 27.7 Å². The summed E-state index contributed by atoms with van der Waals surface area (Å²) in [5.41, 5.74) is 10.8. The summed E-state index contributed by atoms with van der Waals surface area (Å²) in [7, 11) is 19.5. The minimum atomic E-state index is 0.380. The molecule has 0 N–H and O–H groups in total. The average Bonchev–Trinajstić information content (AvgIpc) is 3.21. The minimum absolute atomic E-state index is 0.380. The molecule has 0 fully saturated rings. The molecule has 0 spiro atoms. The number of hydrogen-bond donors (Lipinski definition) is 0. The molecule has 0 radical (unpaired) electrons. The van der Waals surface area contributed by atoms with Crippen molar-refractivity contribution in [1.29, 1.82) is 0 Å². The highest BCUT2D eigenvalue weighted by molar-refractivity contribution is 5.73. The third-order valence-electron chi connectivity index (χ3n) is 11.3. The Morgan fingerprint density at radius 1 is 0.196 bits per heavy atom. The van der Waals surface area contributed by atoms with Crippen molar-refractivity contribution in [3.63, 3.8) is 0 Å². The molecule has 12 heteroatoms. The number of fused-ring (bicyclic) bond motifs is 8. The second-order valence-corrected chi connectivity index (χ2v) is 13.4. The molecule has 4 aromatic carbocycles. The Morgan fingerprint density at radius 2 is 0.304 bits per heavy atom. The zero-order valence-corrected chi connectivity index (χ0v) is 35.7. The first-order chi connectivity index (χ1) is 27.0. The summed E-state index contributed by atoms with van der Waals surface area (Å²) in [5, 5.41) is 0. The van der Waals surface area contributed by atoms with Crippen molar-refractivity contribution in [1.82, 2.24) is 0 Å². The molecule has 0 unspecified atom stereocenters. The van der Waals surface area contributed by atoms with E-state index in [9.17, 15) is 0 Å². The van der Waals surface area contributed by atoms with Crippen LogP contribution in [0.5, 0.6) is 69.0 Å². The van der Waals surface area contributed by atoms with E-state index in [-0.39, 0.29) is 0 Å². The molecule has 56 heavy (non-hydrogen) atoms. The minimum Gasteiger partial charge on any atom is -0.492 e. The van der Waals surface area contributed by atoms with Gasteiger partial charge < -0.3 is 56.8 Å². The molecule has 304 valence electrons. The Kier molecular flexibility index (Phi) is 12.7. The predicted molar refractivity (Wildman–Crippen MR) is 215 cm³/mol. The molecule has 0 aliphatic heterocycles. The van der Waals surface area contributed by atoms with Crippen LogP contribution >= 0.6 is 0 Å². The van der Waals surface area contributed by atoms with Gasteiger partial charge in [-0.05, 0) is 49.9 Å². The van der Waals surface area contributed by atoms with Gasteiger partial charge in [0.2, 0.25) is 23.0 Å². The van der Waals surface area contributed by atoms with Crippen LogP contribution in [0.2, 0.25) is 0 Å². The van der Waals surface area contributed by atoms with Crippen LogP contribution in [0.1, 0.15) is 66.8 Å². The topological polar surface area (TPSA) is 111 Å². The Morgan fingerprint density at radius 3 is 0.393 bits per heavy atom. The fourth-order valence-electron chi connectivity index (χ4n) is 8.48. The van der Waals surface area contributed by atoms with Crippen LogP contribution < -0.4 is 56.8 Å². The van der Waals surface area contributed by atoms with Gasteiger partial charge in [0, 0.05) is 70.2 Å². The van der Waals surface area contributed by atoms with E-state index in [0.717, 1.165) is 66.8 Å². The van der Waals surface area contributed by atoms with Gasteiger partial charge >= 0.3 is 0 Å². The molecule has 1 aliphatic rings. The van der Waals surface area contributed by atoms with Crippen LogP contribution in [0.3, 0.4) is 0 Å². The molecule has 1 aliphatic carbocycles. The van der Waals surface area contributed by atoms with Crippen LogP contribution in [-0.2, 0) is 25.7 Å². The van der Waals surface area contributed by atoms with Crippen molar-refractivity contribution in [2.45, 2.75) is 53.4 Å². The number of hydrogen-bond acceptors (Lipinski definition) is 12. The third-order valence-corrected chi connectivity index (χ3v) is 11.3. The van der Waals surface area contributed by atoms with Crippen LogP contribution in [0, 0.1) is 27.7 Å². The van der Waals surface area contributed by atoms with Crippen molar-refractivity contribution in [2.24, 2.45) is 0 Å². The lowest BCUT2D eigenvalue weighted by Gasteiger charge is -2.29. The highest BCUT2D eigenvalue weighted by Gasteiger charge is 2.34. The van der Waals surface area contributed by atoms with E-state index in [0.29, 0.717) is 94.7 Å². The van der Waals surface area contributed by atoms with Gasteiger partial charge in [0.1, 0.15) is 0 Å². The predicted octanol–water partition coefficient (Wildman–Crippen LogP) is 7.70. The van der Waals surface area contributed by atoms with Gasteiger partial charge in [-0.1, -0.05) is 0 Å². The maximum absolute atomic E-state index is 6.16. The second-order valence-electron chi connectivity index (χ2n) is 13.4. The summed E-state index contributed by atoms with van der Waals surface area (Å²) >= 11 is 0. The second kappa shape index (κ2) is 17.1. The Labute approximate surface area is 330 Å². The normalized spacial score (nSPS) is 12.0. The molecule has 5 rings (SSSR count). The molecular formula is C44H56O12. The largest absolute Gasteiger partial charge is 0.492 e. The highest BCUT2D eigenvalue weighted by Crippen LogP contribution is 2.55. The molecule has 0 saturated heterocycles. The van der Waals surface area contributed by atoms with E-state index in [1.807, 2.05) is 0 Å². The van der Waals surface area contributed by atoms with Crippen LogP contribution in [0.25, 0.3) is 0 Å². The van der Waals surface area contributed by atoms with Gasteiger partial charge in [0.15, 0.2) is 46.0 Å². The first-order valence-electron chi connectivity index (χ1n) is 18.2. The zero-order valence-electron chi connectivity index (χ0n) is 35.7. The van der Waals surface area contributed by atoms with Gasteiger partial charge in [-0.2, -0.15) is 0 Å². The lowest BCUT2D eigenvalue weighted by Crippen LogP contribution is -2.14. The van der Waals surface area contributed by atoms with E-state index in [1.54, 1.807) is 85.3 Å². The maximum atomic E-state index is 6.16. The van der Waals surface area contributed by atoms with E-state index < -0.39 is 0 Å². The molecule has 12 nitrogen and oxygen atoms in total. The van der Waals surface area contributed by atoms with E-state index >= 15 is 0 Å². The Bertz CT molecular complexity index is 1710. The van der Waals surface area contributed by atoms with Crippen molar-refractivity contribution in [3.8, 4) is 69.0 Å². The van der Waals surface area contributed by atoms with Gasteiger partial charge in [0.05, 0.1) is 85.3 Å². The summed E-state index contributed by atoms with van der Waals surface area (Å²) < 4.78 is 73.7. The van der Waals surface area contributed by atoms with Crippen LogP contribution in [0.15, 0.2) is 0 Å². The molecule has 0 saturated carbocycles. The fraction of sp³-hybridized carbons (Fsp3) is 0.455. The summed E-state index contributed by atoms with van der Waals surface area (Å²) in [6, 6.07) is 0. The lowest BCUT2D eigenvalue weighted by molar-refractivity contribution is 0.315. The van der Waals surface area contributed by atoms with E-state index in [1.165, 1.54) is 0 Å². The summed E-state index contributed by atoms with van der Waals surface area (Å²) in [4.78, 5) is 0. The third kappa shape index (κ3) is 6.42. The lowest BCUT2D eigenvalue weighted by atomic mass is 9.83. The number of ether oxygens (including phenoxy) is 12. The Balaban J connectivity index is 2.11. The van der Waals surface area contributed by atoms with Crippen molar-refractivity contribution in [3.05, 3.63) is 66.8 Å². The maximum Gasteiger partial charge on any atom is 0.203 e. The van der Waals surface area contributed by atoms with Gasteiger partial charge in [-0.25, -0.2) is 0 Å². The summed E-state index contributed by atoms with van der Waals surface area (Å²) in [5.74, 6) is 6.22. The zero-order chi connectivity index (χ0) is 41.2. The van der Waals surface area contributed by atoms with Gasteiger partial charge in [-0.15, -0.1) is 0 Å². The smallest absolute Gasteiger partial charge is 0.203 e. The monoisotopic (exact) mass is 776 g/mol. The SMILES string of the molecule is COc1c2c(C)c(c(OC)c1OC)Cc1c(C)c(c(OC)c(OC)c1OC)Cc1c(C)c(c(OC)c(OC)c1OC)Cc1c(C)c(c(OC)c(OC)c1OC)C2. The first-order valence-corrected chi connectivity index (χ1v) is 18.2. The van der Waals surface area contributed by atoms with Crippen LogP contribution in [0.4, 0.5) is 0 Å². The van der Waals surface area contributed by atoms with Gasteiger partial charge in [0.25, 0.3) is 0 Å². The number of benzene rings is 4. The average molecular weight is 777 g/mol. The summed E-state index contributed by atoms with van der Waals surface area (Å²) in [6.45, 7) is 8.28. The van der Waals surface area contributed by atoms with Crippen LogP contribution in [-0.4, -0.2) is 85.3 Å².